The summed E-state index contributed by atoms with van der Waals surface area (Å²) in [5.74, 6) is -1.04. The Labute approximate surface area is 178 Å². The molecule has 160 valence electrons. The highest BCUT2D eigenvalue weighted by Gasteiger charge is 2.22. The van der Waals surface area contributed by atoms with Gasteiger partial charge in [-0.25, -0.2) is 4.79 Å². The van der Waals surface area contributed by atoms with Crippen molar-refractivity contribution in [2.24, 2.45) is 7.05 Å². The molecule has 0 amide bonds. The Bertz CT molecular complexity index is 1420. The minimum atomic E-state index is -1.04. The highest BCUT2D eigenvalue weighted by Crippen LogP contribution is 2.25. The van der Waals surface area contributed by atoms with Crippen LogP contribution in [0.2, 0.25) is 0 Å². The molecule has 0 spiro atoms. The zero-order chi connectivity index (χ0) is 22.3. The van der Waals surface area contributed by atoms with E-state index in [2.05, 4.69) is 0 Å². The van der Waals surface area contributed by atoms with Crippen molar-refractivity contribution in [3.63, 3.8) is 0 Å². The van der Waals surface area contributed by atoms with E-state index in [4.69, 9.17) is 0 Å². The van der Waals surface area contributed by atoms with E-state index in [0.717, 1.165) is 26.6 Å². The average molecular weight is 419 g/mol. The third-order valence-corrected chi connectivity index (χ3v) is 5.96. The lowest BCUT2D eigenvalue weighted by Gasteiger charge is -2.19. The standard InChI is InChI=1S/C24H25N3O4/c1-4-17(12-21(28)29)27-23(30)18-9-5-6-10-19(18)26(24(27)31)14-16-13-25(3)20-11-7-8-15(2)22(16)20/h5-11,13,17H,4,12,14H2,1-3H3,(H,28,29)/t17-/m0/s1. The number of carboxylic acids is 1. The largest absolute Gasteiger partial charge is 0.481 e. The molecule has 7 nitrogen and oxygen atoms in total. The van der Waals surface area contributed by atoms with Crippen molar-refractivity contribution in [3.05, 3.63) is 80.6 Å². The number of hydrogen-bond donors (Lipinski definition) is 1. The fourth-order valence-electron chi connectivity index (χ4n) is 4.46. The topological polar surface area (TPSA) is 86.2 Å². The minimum Gasteiger partial charge on any atom is -0.481 e. The Morgan fingerprint density at radius 3 is 2.48 bits per heavy atom. The van der Waals surface area contributed by atoms with Gasteiger partial charge in [0.2, 0.25) is 0 Å². The number of carboxylic acid groups (broad SMARTS) is 1. The molecule has 0 bridgehead atoms. The van der Waals surface area contributed by atoms with E-state index in [0.29, 0.717) is 17.3 Å². The summed E-state index contributed by atoms with van der Waals surface area (Å²) in [5.41, 5.74) is 2.76. The summed E-state index contributed by atoms with van der Waals surface area (Å²) in [6.07, 6.45) is 2.09. The van der Waals surface area contributed by atoms with E-state index in [9.17, 15) is 19.5 Å². The van der Waals surface area contributed by atoms with E-state index in [1.807, 2.05) is 42.9 Å². The molecular formula is C24H25N3O4. The molecule has 0 saturated carbocycles. The van der Waals surface area contributed by atoms with Crippen LogP contribution in [0.3, 0.4) is 0 Å². The Morgan fingerprint density at radius 1 is 1.06 bits per heavy atom. The van der Waals surface area contributed by atoms with Crippen LogP contribution in [0, 0.1) is 6.92 Å². The Hall–Kier alpha value is -3.61. The second-order valence-corrected chi connectivity index (χ2v) is 7.96. The van der Waals surface area contributed by atoms with Crippen LogP contribution in [0.25, 0.3) is 21.8 Å². The second-order valence-electron chi connectivity index (χ2n) is 7.96. The first-order valence-corrected chi connectivity index (χ1v) is 10.3. The van der Waals surface area contributed by atoms with E-state index in [-0.39, 0.29) is 13.0 Å². The van der Waals surface area contributed by atoms with Gasteiger partial charge in [-0.2, -0.15) is 0 Å². The van der Waals surface area contributed by atoms with Crippen molar-refractivity contribution in [3.8, 4) is 0 Å². The van der Waals surface area contributed by atoms with Crippen LogP contribution in [0.4, 0.5) is 0 Å². The van der Waals surface area contributed by atoms with Gasteiger partial charge < -0.3 is 9.67 Å². The number of carbonyl (C=O) groups is 1. The van der Waals surface area contributed by atoms with Gasteiger partial charge in [-0.05, 0) is 42.7 Å². The number of rotatable bonds is 6. The molecule has 0 unspecified atom stereocenters. The van der Waals surface area contributed by atoms with Gasteiger partial charge in [0.25, 0.3) is 5.56 Å². The van der Waals surface area contributed by atoms with Gasteiger partial charge in [-0.15, -0.1) is 0 Å². The highest BCUT2D eigenvalue weighted by atomic mass is 16.4. The van der Waals surface area contributed by atoms with E-state index >= 15 is 0 Å². The van der Waals surface area contributed by atoms with Gasteiger partial charge in [0.15, 0.2) is 0 Å². The lowest BCUT2D eigenvalue weighted by atomic mass is 10.1. The van der Waals surface area contributed by atoms with Gasteiger partial charge in [-0.3, -0.25) is 18.7 Å². The Balaban J connectivity index is 2.00. The molecule has 0 aliphatic carbocycles. The zero-order valence-corrected chi connectivity index (χ0v) is 17.8. The number of para-hydroxylation sites is 1. The van der Waals surface area contributed by atoms with Crippen molar-refractivity contribution in [1.82, 2.24) is 13.7 Å². The smallest absolute Gasteiger partial charge is 0.332 e. The molecule has 2 heterocycles. The molecule has 0 aliphatic rings. The van der Waals surface area contributed by atoms with Crippen LogP contribution >= 0.6 is 0 Å². The maximum Gasteiger partial charge on any atom is 0.332 e. The van der Waals surface area contributed by atoms with Gasteiger partial charge in [0.05, 0.1) is 29.9 Å². The van der Waals surface area contributed by atoms with Crippen LogP contribution in [-0.4, -0.2) is 24.8 Å². The molecule has 2 aromatic heterocycles. The third kappa shape index (κ3) is 3.46. The number of nitrogens with zero attached hydrogens (tertiary/aromatic N) is 3. The summed E-state index contributed by atoms with van der Waals surface area (Å²) < 4.78 is 4.73. The number of aliphatic carboxylic acids is 1. The van der Waals surface area contributed by atoms with Crippen molar-refractivity contribution < 1.29 is 9.90 Å². The fourth-order valence-corrected chi connectivity index (χ4v) is 4.46. The molecule has 4 aromatic rings. The molecule has 7 heteroatoms. The van der Waals surface area contributed by atoms with Crippen LogP contribution in [0.1, 0.15) is 36.9 Å². The molecule has 31 heavy (non-hydrogen) atoms. The molecule has 1 N–H and O–H groups in total. The first-order valence-electron chi connectivity index (χ1n) is 10.3. The van der Waals surface area contributed by atoms with Crippen LogP contribution < -0.4 is 11.2 Å². The van der Waals surface area contributed by atoms with Crippen molar-refractivity contribution in [2.75, 3.05) is 0 Å². The summed E-state index contributed by atoms with van der Waals surface area (Å²) in [4.78, 5) is 38.1. The van der Waals surface area contributed by atoms with E-state index in [1.54, 1.807) is 35.8 Å². The lowest BCUT2D eigenvalue weighted by Crippen LogP contribution is -2.43. The maximum atomic E-state index is 13.5. The molecule has 1 atom stereocenters. The molecule has 2 aromatic carbocycles. The molecule has 0 saturated heterocycles. The third-order valence-electron chi connectivity index (χ3n) is 5.96. The second kappa shape index (κ2) is 7.91. The Morgan fingerprint density at radius 2 is 1.77 bits per heavy atom. The molecule has 0 radical (unpaired) electrons. The molecule has 4 rings (SSSR count). The lowest BCUT2D eigenvalue weighted by molar-refractivity contribution is -0.138. The van der Waals surface area contributed by atoms with Crippen molar-refractivity contribution >= 4 is 27.8 Å². The fraction of sp³-hybridized carbons (Fsp3) is 0.292. The SMILES string of the molecule is CC[C@@H](CC(=O)O)n1c(=O)c2ccccc2n(Cc2cn(C)c3cccc(C)c23)c1=O. The summed E-state index contributed by atoms with van der Waals surface area (Å²) in [7, 11) is 1.97. The first kappa shape index (κ1) is 20.7. The van der Waals surface area contributed by atoms with Crippen LogP contribution in [0.5, 0.6) is 0 Å². The summed E-state index contributed by atoms with van der Waals surface area (Å²) >= 11 is 0. The zero-order valence-electron chi connectivity index (χ0n) is 17.8. The monoisotopic (exact) mass is 419 g/mol. The number of hydrogen-bond acceptors (Lipinski definition) is 3. The Kier molecular flexibility index (Phi) is 5.27. The number of aryl methyl sites for hydroxylation is 2. The van der Waals surface area contributed by atoms with Gasteiger partial charge >= 0.3 is 11.7 Å². The van der Waals surface area contributed by atoms with Crippen LogP contribution in [-0.2, 0) is 18.4 Å². The average Bonchev–Trinajstić information content (AvgIpc) is 3.06. The molecule has 0 fully saturated rings. The first-order chi connectivity index (χ1) is 14.8. The predicted octanol–water partition coefficient (Wildman–Crippen LogP) is 3.44. The predicted molar refractivity (Wildman–Crippen MR) is 121 cm³/mol. The quantitative estimate of drug-likeness (QED) is 0.519. The number of fused-ring (bicyclic) bond motifs is 2. The summed E-state index contributed by atoms with van der Waals surface area (Å²) in [6, 6.07) is 12.4. The van der Waals surface area contributed by atoms with Crippen LogP contribution in [0.15, 0.2) is 58.3 Å². The summed E-state index contributed by atoms with van der Waals surface area (Å²) in [6.45, 7) is 4.10. The van der Waals surface area contributed by atoms with Gasteiger partial charge in [0, 0.05) is 24.1 Å². The van der Waals surface area contributed by atoms with Crippen molar-refractivity contribution in [2.45, 2.75) is 39.3 Å². The normalized spacial score (nSPS) is 12.5. The van der Waals surface area contributed by atoms with E-state index < -0.39 is 23.3 Å². The van der Waals surface area contributed by atoms with Crippen molar-refractivity contribution in [1.29, 1.82) is 0 Å². The van der Waals surface area contributed by atoms with Gasteiger partial charge in [0.1, 0.15) is 0 Å². The molecular weight excluding hydrogens is 394 g/mol. The number of benzene rings is 2. The molecule has 0 aliphatic heterocycles. The van der Waals surface area contributed by atoms with E-state index in [1.165, 1.54) is 0 Å². The maximum absolute atomic E-state index is 13.5. The van der Waals surface area contributed by atoms with Gasteiger partial charge in [-0.1, -0.05) is 31.2 Å². The minimum absolute atomic E-state index is 0.280. The number of aromatic nitrogens is 3. The highest BCUT2D eigenvalue weighted by molar-refractivity contribution is 5.87. The summed E-state index contributed by atoms with van der Waals surface area (Å²) in [5, 5.41) is 10.8.